The van der Waals surface area contributed by atoms with E-state index in [4.69, 9.17) is 11.3 Å². The largest absolute Gasteiger partial charge is 0.481 e. The first-order chi connectivity index (χ1) is 21.7. The summed E-state index contributed by atoms with van der Waals surface area (Å²) < 4.78 is 0. The molecule has 0 aliphatic carbocycles. The highest BCUT2D eigenvalue weighted by molar-refractivity contribution is 5.93. The van der Waals surface area contributed by atoms with Gasteiger partial charge in [-0.3, -0.25) is 19.2 Å². The number of carboxylic acids is 1. The summed E-state index contributed by atoms with van der Waals surface area (Å²) in [6.07, 6.45) is 3.86. The molecule has 2 saturated heterocycles. The molecule has 8 N–H and O–H groups in total. The van der Waals surface area contributed by atoms with Gasteiger partial charge in [0, 0.05) is 42.5 Å². The van der Waals surface area contributed by atoms with Gasteiger partial charge in [-0.05, 0) is 62.7 Å². The minimum Gasteiger partial charge on any atom is -0.481 e. The zero-order valence-corrected chi connectivity index (χ0v) is 26.5. The van der Waals surface area contributed by atoms with Crippen molar-refractivity contribution in [2.24, 2.45) is 22.7 Å². The van der Waals surface area contributed by atoms with E-state index in [-0.39, 0.29) is 18.7 Å². The van der Waals surface area contributed by atoms with Gasteiger partial charge in [0.2, 0.25) is 17.7 Å². The van der Waals surface area contributed by atoms with Gasteiger partial charge in [-0.2, -0.15) is 5.11 Å². The van der Waals surface area contributed by atoms with Crippen LogP contribution in [-0.4, -0.2) is 83.1 Å². The molecule has 2 aliphatic heterocycles. The molecule has 2 aliphatic rings. The lowest BCUT2D eigenvalue weighted by molar-refractivity contribution is -0.141. The van der Waals surface area contributed by atoms with Crippen molar-refractivity contribution in [1.29, 1.82) is 5.53 Å². The normalized spacial score (nSPS) is 18.4. The van der Waals surface area contributed by atoms with Crippen LogP contribution in [0.2, 0.25) is 0 Å². The quantitative estimate of drug-likeness (QED) is 0.123. The van der Waals surface area contributed by atoms with Crippen LogP contribution < -0.4 is 21.7 Å². The average Bonchev–Trinajstić information content (AvgIpc) is 3.63. The Bertz CT molecular complexity index is 1260. The van der Waals surface area contributed by atoms with Gasteiger partial charge in [0.25, 0.3) is 0 Å². The summed E-state index contributed by atoms with van der Waals surface area (Å²) in [4.78, 5) is 55.5. The molecule has 0 spiro atoms. The minimum atomic E-state index is -1.38. The number of amides is 3. The number of likely N-dealkylation sites (tertiary alicyclic amines) is 1. The van der Waals surface area contributed by atoms with Crippen molar-refractivity contribution in [2.75, 3.05) is 26.2 Å². The molecule has 1 aromatic carbocycles. The number of carbonyl (C=O) groups excluding carboxylic acids is 3. The summed E-state index contributed by atoms with van der Waals surface area (Å²) in [6.45, 7) is 13.3. The highest BCUT2D eigenvalue weighted by Crippen LogP contribution is 2.24. The molecule has 0 saturated carbocycles. The van der Waals surface area contributed by atoms with Crippen molar-refractivity contribution >= 4 is 34.6 Å². The molecule has 2 fully saturated rings. The number of H-pyrrole nitrogens is 1. The Balaban J connectivity index is 0.00000169. The number of piperidine rings is 1. The van der Waals surface area contributed by atoms with Gasteiger partial charge in [-0.25, -0.2) is 5.53 Å². The number of rotatable bonds is 14. The number of para-hydroxylation sites is 1. The van der Waals surface area contributed by atoms with Crippen molar-refractivity contribution in [3.63, 3.8) is 0 Å². The Morgan fingerprint density at radius 1 is 1.16 bits per heavy atom. The predicted octanol–water partition coefficient (Wildman–Crippen LogP) is 2.93. The maximum absolute atomic E-state index is 13.2. The van der Waals surface area contributed by atoms with E-state index in [1.807, 2.05) is 43.0 Å². The van der Waals surface area contributed by atoms with Crippen molar-refractivity contribution in [2.45, 2.75) is 77.0 Å². The molecule has 3 heterocycles. The van der Waals surface area contributed by atoms with Crippen LogP contribution >= 0.6 is 0 Å². The number of nitrogens with two attached hydrogens (primary N) is 1. The Morgan fingerprint density at radius 2 is 1.84 bits per heavy atom. The molecular formula is C32H50N8O5. The smallest absolute Gasteiger partial charge is 0.305 e. The fourth-order valence-electron chi connectivity index (χ4n) is 5.75. The number of hydrogen-bond donors (Lipinski definition) is 7. The first kappa shape index (κ1) is 37.1. The topological polar surface area (TPSA) is 206 Å². The molecule has 0 bridgehead atoms. The van der Waals surface area contributed by atoms with Crippen LogP contribution in [-0.2, 0) is 25.6 Å². The van der Waals surface area contributed by atoms with Gasteiger partial charge >= 0.3 is 5.97 Å². The van der Waals surface area contributed by atoms with Crippen LogP contribution in [0.4, 0.5) is 0 Å². The molecule has 45 heavy (non-hydrogen) atoms. The molecule has 4 unspecified atom stereocenters. The summed E-state index contributed by atoms with van der Waals surface area (Å²) >= 11 is 0. The van der Waals surface area contributed by atoms with E-state index >= 15 is 0 Å². The van der Waals surface area contributed by atoms with E-state index in [1.165, 1.54) is 0 Å². The van der Waals surface area contributed by atoms with Crippen LogP contribution in [0.25, 0.3) is 10.9 Å². The van der Waals surface area contributed by atoms with Crippen LogP contribution in [0.1, 0.15) is 57.9 Å². The molecule has 248 valence electrons. The molecule has 1 aromatic heterocycles. The van der Waals surface area contributed by atoms with Crippen LogP contribution in [0.3, 0.4) is 0 Å². The van der Waals surface area contributed by atoms with Gasteiger partial charge < -0.3 is 36.7 Å². The highest BCUT2D eigenvalue weighted by atomic mass is 16.4. The van der Waals surface area contributed by atoms with Gasteiger partial charge in [-0.1, -0.05) is 32.0 Å². The second-order valence-corrected chi connectivity index (χ2v) is 11.0. The van der Waals surface area contributed by atoms with Gasteiger partial charge in [0.15, 0.2) is 0 Å². The fourth-order valence-corrected chi connectivity index (χ4v) is 5.75. The van der Waals surface area contributed by atoms with Crippen molar-refractivity contribution in [3.8, 4) is 0 Å². The van der Waals surface area contributed by atoms with E-state index in [2.05, 4.69) is 39.2 Å². The van der Waals surface area contributed by atoms with Gasteiger partial charge in [0.05, 0.1) is 12.5 Å². The summed E-state index contributed by atoms with van der Waals surface area (Å²) in [7, 11) is 0. The first-order valence-electron chi connectivity index (χ1n) is 15.7. The number of carboxylic acid groups (broad SMARTS) is 1. The third-order valence-electron chi connectivity index (χ3n) is 8.14. The van der Waals surface area contributed by atoms with E-state index in [9.17, 15) is 24.3 Å². The van der Waals surface area contributed by atoms with Crippen LogP contribution in [0, 0.1) is 17.4 Å². The summed E-state index contributed by atoms with van der Waals surface area (Å²) in [5.74, 6) is -2.55. The number of carbonyl (C=O) groups is 4. The third kappa shape index (κ3) is 11.1. The summed E-state index contributed by atoms with van der Waals surface area (Å²) in [5.41, 5.74) is 15.1. The highest BCUT2D eigenvalue weighted by Gasteiger charge is 2.35. The lowest BCUT2D eigenvalue weighted by atomic mass is 9.94. The Labute approximate surface area is 265 Å². The number of nitrogens with zero attached hydrogens (tertiary/aromatic N) is 2. The van der Waals surface area contributed by atoms with Crippen LogP contribution in [0.5, 0.6) is 0 Å². The zero-order valence-electron chi connectivity index (χ0n) is 26.5. The molecule has 4 atom stereocenters. The number of nitrogens with one attached hydrogen (secondary N) is 5. The number of hydrogen-bond acceptors (Lipinski definition) is 8. The molecule has 2 aromatic rings. The maximum Gasteiger partial charge on any atom is 0.305 e. The monoisotopic (exact) mass is 626 g/mol. The zero-order chi connectivity index (χ0) is 33.4. The number of aromatic amines is 1. The fraction of sp³-hybridized carbons (Fsp3) is 0.562. The standard InChI is InChI=1S/C28H40N8O5.C2H6.C2H4/c29-26(35-30)22(13-19-16-32-21-4-2-1-3-20(19)21)34-27(40)23(15-25(38)39)33-24(37)14-18-8-12-36(28(18)41)11-7-17-5-9-31-10-6-17;2*1-2/h1-4,16-18,22-23,26,30-32H,5-15,29H2,(H,33,37)(H,34,40)(H,38,39);1-2H3;1-2H2. The molecule has 3 amide bonds. The van der Waals surface area contributed by atoms with Crippen LogP contribution in [0.15, 0.2) is 48.7 Å². The number of aliphatic carboxylic acids is 1. The van der Waals surface area contributed by atoms with Crippen molar-refractivity contribution < 1.29 is 24.3 Å². The second kappa shape index (κ2) is 19.3. The molecular weight excluding hydrogens is 576 g/mol. The first-order valence-corrected chi connectivity index (χ1v) is 15.7. The Kier molecular flexibility index (Phi) is 15.9. The van der Waals surface area contributed by atoms with E-state index in [0.29, 0.717) is 25.4 Å². The third-order valence-corrected chi connectivity index (χ3v) is 8.14. The van der Waals surface area contributed by atoms with Gasteiger partial charge in [0.1, 0.15) is 12.2 Å². The SMILES string of the molecule is C=C.CC.N=NC(N)C(Cc1c[nH]c2ccccc12)NC(=O)C(CC(=O)O)NC(=O)CC1CCN(CCC2CCNCC2)C1=O. The number of fused-ring (bicyclic) bond motifs is 1. The van der Waals surface area contributed by atoms with Crippen molar-refractivity contribution in [3.05, 3.63) is 49.2 Å². The number of aromatic nitrogens is 1. The van der Waals surface area contributed by atoms with E-state index in [1.54, 1.807) is 6.20 Å². The lowest BCUT2D eigenvalue weighted by Crippen LogP contribution is -2.55. The second-order valence-electron chi connectivity index (χ2n) is 11.0. The molecule has 13 nitrogen and oxygen atoms in total. The Morgan fingerprint density at radius 3 is 2.51 bits per heavy atom. The van der Waals surface area contributed by atoms with E-state index in [0.717, 1.165) is 48.8 Å². The van der Waals surface area contributed by atoms with Crippen molar-refractivity contribution in [1.82, 2.24) is 25.8 Å². The molecule has 0 radical (unpaired) electrons. The maximum atomic E-state index is 13.2. The number of benzene rings is 1. The lowest BCUT2D eigenvalue weighted by Gasteiger charge is -2.25. The predicted molar refractivity (Wildman–Crippen MR) is 173 cm³/mol. The Hall–Kier alpha value is -4.10. The summed E-state index contributed by atoms with van der Waals surface area (Å²) in [6, 6.07) is 5.38. The molecule has 13 heteroatoms. The summed E-state index contributed by atoms with van der Waals surface area (Å²) in [5, 5.41) is 22.2. The van der Waals surface area contributed by atoms with Gasteiger partial charge in [-0.15, -0.1) is 13.2 Å². The average molecular weight is 627 g/mol. The van der Waals surface area contributed by atoms with E-state index < -0.39 is 48.4 Å². The minimum absolute atomic E-state index is 0.0739. The molecule has 4 rings (SSSR count).